The molecule has 90 valence electrons. The van der Waals surface area contributed by atoms with Gasteiger partial charge >= 0.3 is 0 Å². The first-order valence-corrected chi connectivity index (χ1v) is 6.30. The second-order valence-electron chi connectivity index (χ2n) is 4.70. The van der Waals surface area contributed by atoms with E-state index in [0.717, 1.165) is 25.0 Å². The van der Waals surface area contributed by atoms with Crippen LogP contribution in [-0.2, 0) is 6.54 Å². The highest BCUT2D eigenvalue weighted by Gasteiger charge is 2.18. The molecule has 1 heterocycles. The molecule has 0 atom stereocenters. The average Bonchev–Trinajstić information content (AvgIpc) is 2.76. The van der Waals surface area contributed by atoms with Crippen molar-refractivity contribution >= 4 is 5.95 Å². The van der Waals surface area contributed by atoms with Crippen molar-refractivity contribution in [2.45, 2.75) is 45.2 Å². The van der Waals surface area contributed by atoms with E-state index >= 15 is 0 Å². The zero-order chi connectivity index (χ0) is 11.4. The van der Waals surface area contributed by atoms with Gasteiger partial charge in [-0.15, -0.1) is 0 Å². The van der Waals surface area contributed by atoms with Crippen LogP contribution in [0.25, 0.3) is 0 Å². The first-order valence-electron chi connectivity index (χ1n) is 6.30. The fourth-order valence-electron chi connectivity index (χ4n) is 2.36. The zero-order valence-corrected chi connectivity index (χ0v) is 10.0. The van der Waals surface area contributed by atoms with Gasteiger partial charge in [0.05, 0.1) is 0 Å². The molecule has 0 bridgehead atoms. The Kier molecular flexibility index (Phi) is 3.83. The van der Waals surface area contributed by atoms with E-state index in [2.05, 4.69) is 21.8 Å². The maximum atomic E-state index is 5.90. The summed E-state index contributed by atoms with van der Waals surface area (Å²) in [5, 5.41) is 3.44. The van der Waals surface area contributed by atoms with Crippen LogP contribution in [0.2, 0.25) is 0 Å². The van der Waals surface area contributed by atoms with Crippen molar-refractivity contribution in [2.75, 3.05) is 11.9 Å². The first kappa shape index (κ1) is 11.5. The van der Waals surface area contributed by atoms with Crippen LogP contribution in [0.1, 0.15) is 32.6 Å². The molecule has 1 fully saturated rings. The molecule has 0 aromatic carbocycles. The maximum Gasteiger partial charge on any atom is 0.202 e. The van der Waals surface area contributed by atoms with E-state index in [1.165, 1.54) is 25.7 Å². The molecule has 0 radical (unpaired) electrons. The van der Waals surface area contributed by atoms with Crippen LogP contribution in [0.4, 0.5) is 5.95 Å². The molecular formula is C12H22N4. The Hall–Kier alpha value is -1.03. The van der Waals surface area contributed by atoms with E-state index in [-0.39, 0.29) is 0 Å². The third-order valence-corrected chi connectivity index (χ3v) is 3.50. The normalized spacial score (nSPS) is 25.6. The Bertz CT molecular complexity index is 313. The van der Waals surface area contributed by atoms with E-state index in [1.54, 1.807) is 0 Å². The number of aromatic nitrogens is 2. The average molecular weight is 222 g/mol. The maximum absolute atomic E-state index is 5.90. The fraction of sp³-hybridized carbons (Fsp3) is 0.750. The molecule has 0 aliphatic heterocycles. The van der Waals surface area contributed by atoms with Crippen LogP contribution in [0.5, 0.6) is 0 Å². The number of nitrogens with one attached hydrogen (secondary N) is 1. The van der Waals surface area contributed by atoms with Crippen molar-refractivity contribution in [3.8, 4) is 0 Å². The summed E-state index contributed by atoms with van der Waals surface area (Å²) in [6.07, 6.45) is 8.72. The minimum Gasteiger partial charge on any atom is -0.355 e. The lowest BCUT2D eigenvalue weighted by atomic mass is 9.86. The fourth-order valence-corrected chi connectivity index (χ4v) is 2.36. The highest BCUT2D eigenvalue weighted by molar-refractivity contribution is 5.25. The minimum absolute atomic E-state index is 0.439. The number of aryl methyl sites for hydroxylation is 1. The molecule has 4 nitrogen and oxygen atoms in total. The van der Waals surface area contributed by atoms with E-state index in [0.29, 0.717) is 6.04 Å². The monoisotopic (exact) mass is 222 g/mol. The van der Waals surface area contributed by atoms with Crippen LogP contribution in [0.15, 0.2) is 12.4 Å². The molecule has 0 unspecified atom stereocenters. The highest BCUT2D eigenvalue weighted by atomic mass is 15.2. The summed E-state index contributed by atoms with van der Waals surface area (Å²) < 4.78 is 2.13. The predicted octanol–water partition coefficient (Wildman–Crippen LogP) is 1.83. The summed E-state index contributed by atoms with van der Waals surface area (Å²) in [4.78, 5) is 4.31. The molecule has 1 aliphatic carbocycles. The number of hydrogen-bond acceptors (Lipinski definition) is 3. The highest BCUT2D eigenvalue weighted by Crippen LogP contribution is 2.23. The number of anilines is 1. The Morgan fingerprint density at radius 1 is 1.44 bits per heavy atom. The number of hydrogen-bond donors (Lipinski definition) is 2. The summed E-state index contributed by atoms with van der Waals surface area (Å²) in [5.74, 6) is 1.76. The molecule has 1 aromatic heterocycles. The van der Waals surface area contributed by atoms with E-state index < -0.39 is 0 Å². The second-order valence-corrected chi connectivity index (χ2v) is 4.70. The van der Waals surface area contributed by atoms with Gasteiger partial charge in [-0.3, -0.25) is 0 Å². The molecule has 1 saturated carbocycles. The van der Waals surface area contributed by atoms with Crippen molar-refractivity contribution in [1.82, 2.24) is 9.55 Å². The van der Waals surface area contributed by atoms with E-state index in [4.69, 9.17) is 5.73 Å². The minimum atomic E-state index is 0.439. The third kappa shape index (κ3) is 2.76. The van der Waals surface area contributed by atoms with E-state index in [9.17, 15) is 0 Å². The Labute approximate surface area is 97.2 Å². The van der Waals surface area contributed by atoms with E-state index in [1.807, 2.05) is 12.4 Å². The van der Waals surface area contributed by atoms with Gasteiger partial charge in [0.2, 0.25) is 5.95 Å². The SMILES string of the molecule is CCn1ccnc1NCC1CCC(N)CC1. The second kappa shape index (κ2) is 5.34. The number of rotatable bonds is 4. The third-order valence-electron chi connectivity index (χ3n) is 3.50. The molecule has 0 saturated heterocycles. The van der Waals surface area contributed by atoms with Crippen LogP contribution < -0.4 is 11.1 Å². The van der Waals surface area contributed by atoms with Gasteiger partial charge in [-0.05, 0) is 38.5 Å². The molecule has 1 aromatic rings. The van der Waals surface area contributed by atoms with Crippen LogP contribution in [-0.4, -0.2) is 22.1 Å². The summed E-state index contributed by atoms with van der Waals surface area (Å²) >= 11 is 0. The van der Waals surface area contributed by atoms with Crippen molar-refractivity contribution in [2.24, 2.45) is 11.7 Å². The van der Waals surface area contributed by atoms with Crippen molar-refractivity contribution in [3.05, 3.63) is 12.4 Å². The van der Waals surface area contributed by atoms with Gasteiger partial charge < -0.3 is 15.6 Å². The van der Waals surface area contributed by atoms with Crippen LogP contribution in [0, 0.1) is 5.92 Å². The lowest BCUT2D eigenvalue weighted by molar-refractivity contribution is 0.338. The summed E-state index contributed by atoms with van der Waals surface area (Å²) in [6, 6.07) is 0.439. The lowest BCUT2D eigenvalue weighted by Gasteiger charge is -2.26. The van der Waals surface area contributed by atoms with Crippen molar-refractivity contribution < 1.29 is 0 Å². The summed E-state index contributed by atoms with van der Waals surface area (Å²) in [5.41, 5.74) is 5.90. The molecular weight excluding hydrogens is 200 g/mol. The molecule has 1 aliphatic rings. The Balaban J connectivity index is 1.79. The van der Waals surface area contributed by atoms with Gasteiger partial charge in [0.25, 0.3) is 0 Å². The summed E-state index contributed by atoms with van der Waals surface area (Å²) in [6.45, 7) is 4.13. The predicted molar refractivity (Wildman–Crippen MR) is 66.3 cm³/mol. The Morgan fingerprint density at radius 3 is 2.88 bits per heavy atom. The molecule has 2 rings (SSSR count). The van der Waals surface area contributed by atoms with Crippen molar-refractivity contribution in [1.29, 1.82) is 0 Å². The van der Waals surface area contributed by atoms with Crippen molar-refractivity contribution in [3.63, 3.8) is 0 Å². The largest absolute Gasteiger partial charge is 0.355 e. The van der Waals surface area contributed by atoms with Crippen LogP contribution >= 0.6 is 0 Å². The molecule has 3 N–H and O–H groups in total. The molecule has 16 heavy (non-hydrogen) atoms. The van der Waals surface area contributed by atoms with Gasteiger partial charge in [0.1, 0.15) is 0 Å². The van der Waals surface area contributed by atoms with Crippen LogP contribution in [0.3, 0.4) is 0 Å². The molecule has 0 amide bonds. The standard InChI is InChI=1S/C12H22N4/c1-2-16-8-7-14-12(16)15-9-10-3-5-11(13)6-4-10/h7-8,10-11H,2-6,9,13H2,1H3,(H,14,15). The number of nitrogens with zero attached hydrogens (tertiary/aromatic N) is 2. The van der Waals surface area contributed by atoms with Gasteiger partial charge in [-0.2, -0.15) is 0 Å². The van der Waals surface area contributed by atoms with Gasteiger partial charge in [-0.1, -0.05) is 0 Å². The van der Waals surface area contributed by atoms with Gasteiger partial charge in [0.15, 0.2) is 0 Å². The zero-order valence-electron chi connectivity index (χ0n) is 10.0. The topological polar surface area (TPSA) is 55.9 Å². The number of nitrogens with two attached hydrogens (primary N) is 1. The quantitative estimate of drug-likeness (QED) is 0.817. The van der Waals surface area contributed by atoms with Gasteiger partial charge in [0, 0.05) is 31.5 Å². The smallest absolute Gasteiger partial charge is 0.202 e. The Morgan fingerprint density at radius 2 is 2.19 bits per heavy atom. The summed E-state index contributed by atoms with van der Waals surface area (Å²) in [7, 11) is 0. The first-order chi connectivity index (χ1) is 7.79. The molecule has 4 heteroatoms. The van der Waals surface area contributed by atoms with Gasteiger partial charge in [-0.25, -0.2) is 4.98 Å². The molecule has 0 spiro atoms. The lowest BCUT2D eigenvalue weighted by Crippen LogP contribution is -2.29. The number of imidazole rings is 1.